The zero-order valence-corrected chi connectivity index (χ0v) is 17.6. The molecule has 1 amide bonds. The Morgan fingerprint density at radius 3 is 2.94 bits per heavy atom. The Morgan fingerprint density at radius 2 is 2.16 bits per heavy atom. The Labute approximate surface area is 184 Å². The lowest BCUT2D eigenvalue weighted by Gasteiger charge is -2.27. The Kier molecular flexibility index (Phi) is 5.40. The van der Waals surface area contributed by atoms with Gasteiger partial charge in [-0.25, -0.2) is 4.39 Å². The smallest absolute Gasteiger partial charge is 0.255 e. The normalized spacial score (nSPS) is 17.2. The lowest BCUT2D eigenvalue weighted by molar-refractivity contribution is 0.0947. The molecule has 0 saturated carbocycles. The van der Waals surface area contributed by atoms with Crippen molar-refractivity contribution in [3.63, 3.8) is 0 Å². The Balaban J connectivity index is 1.60. The van der Waals surface area contributed by atoms with Crippen LogP contribution in [0.5, 0.6) is 11.5 Å². The van der Waals surface area contributed by atoms with Crippen molar-refractivity contribution >= 4 is 17.3 Å². The maximum absolute atomic E-state index is 14.3. The van der Waals surface area contributed by atoms with Crippen LogP contribution in [0.3, 0.4) is 0 Å². The van der Waals surface area contributed by atoms with Gasteiger partial charge in [0.25, 0.3) is 5.91 Å². The van der Waals surface area contributed by atoms with E-state index in [9.17, 15) is 9.18 Å². The number of pyridine rings is 1. The van der Waals surface area contributed by atoms with Crippen molar-refractivity contribution in [1.82, 2.24) is 20.6 Å². The lowest BCUT2D eigenvalue weighted by atomic mass is 10.0. The third-order valence-corrected chi connectivity index (χ3v) is 5.82. The minimum atomic E-state index is -0.492. The molecule has 4 N–H and O–H groups in total. The number of hydrogen-bond donors (Lipinski definition) is 4. The highest BCUT2D eigenvalue weighted by atomic mass is 19.1. The van der Waals surface area contributed by atoms with E-state index in [0.29, 0.717) is 54.0 Å². The molecule has 1 fully saturated rings. The summed E-state index contributed by atoms with van der Waals surface area (Å²) in [5.41, 5.74) is 3.71. The first-order chi connectivity index (χ1) is 15.7. The fourth-order valence-electron chi connectivity index (χ4n) is 4.04. The molecule has 1 aromatic carbocycles. The molecule has 2 aliphatic rings. The third-order valence-electron chi connectivity index (χ3n) is 5.82. The number of para-hydroxylation sites is 1. The molecule has 2 aromatic heterocycles. The van der Waals surface area contributed by atoms with E-state index in [0.717, 1.165) is 24.2 Å². The van der Waals surface area contributed by atoms with E-state index in [1.54, 1.807) is 24.5 Å². The number of anilines is 2. The van der Waals surface area contributed by atoms with Crippen LogP contribution in [0.4, 0.5) is 15.8 Å². The van der Waals surface area contributed by atoms with Gasteiger partial charge in [0.05, 0.1) is 35.9 Å². The number of aromatic nitrogens is 2. The first-order valence-corrected chi connectivity index (χ1v) is 10.6. The molecule has 9 heteroatoms. The van der Waals surface area contributed by atoms with Crippen molar-refractivity contribution in [2.24, 2.45) is 0 Å². The second-order valence-corrected chi connectivity index (χ2v) is 7.80. The van der Waals surface area contributed by atoms with Crippen molar-refractivity contribution in [2.75, 3.05) is 32.1 Å². The molecule has 3 aromatic rings. The van der Waals surface area contributed by atoms with Crippen molar-refractivity contribution < 1.29 is 18.7 Å². The van der Waals surface area contributed by atoms with Gasteiger partial charge < -0.3 is 30.4 Å². The van der Waals surface area contributed by atoms with Gasteiger partial charge in [-0.1, -0.05) is 6.07 Å². The number of hydrogen-bond acceptors (Lipinski definition) is 6. The maximum atomic E-state index is 14.3. The molecular weight excluding hydrogens is 413 g/mol. The molecule has 8 nitrogen and oxygen atoms in total. The first-order valence-electron chi connectivity index (χ1n) is 10.6. The average Bonchev–Trinajstić information content (AvgIpc) is 3.12. The van der Waals surface area contributed by atoms with E-state index >= 15 is 0 Å². The van der Waals surface area contributed by atoms with E-state index in [1.807, 2.05) is 6.07 Å². The molecule has 4 heterocycles. The number of ether oxygens (including phenoxy) is 2. The number of H-pyrrole nitrogens is 1. The quantitative estimate of drug-likeness (QED) is 0.454. The predicted octanol–water partition coefficient (Wildman–Crippen LogP) is 2.99. The second-order valence-electron chi connectivity index (χ2n) is 7.80. The van der Waals surface area contributed by atoms with Gasteiger partial charge in [-0.3, -0.25) is 9.78 Å². The number of aromatic amines is 1. The SMILES string of the molecule is COc1c(F)cccc1Nc1c(-c2ccncc2OC[C@@H]2CCN2)[nH]c2c1C(=O)NCC2. The van der Waals surface area contributed by atoms with E-state index in [4.69, 9.17) is 9.47 Å². The van der Waals surface area contributed by atoms with Crippen LogP contribution in [0.1, 0.15) is 22.5 Å². The minimum Gasteiger partial charge on any atom is -0.492 e. The summed E-state index contributed by atoms with van der Waals surface area (Å²) in [5, 5.41) is 9.44. The second kappa shape index (κ2) is 8.51. The van der Waals surface area contributed by atoms with Crippen LogP contribution in [0.15, 0.2) is 36.7 Å². The number of carbonyl (C=O) groups is 1. The molecule has 1 saturated heterocycles. The summed E-state index contributed by atoms with van der Waals surface area (Å²) < 4.78 is 25.6. The van der Waals surface area contributed by atoms with Crippen LogP contribution in [-0.2, 0) is 6.42 Å². The van der Waals surface area contributed by atoms with Crippen LogP contribution in [-0.4, -0.2) is 48.7 Å². The molecule has 166 valence electrons. The van der Waals surface area contributed by atoms with Crippen LogP contribution < -0.4 is 25.4 Å². The van der Waals surface area contributed by atoms with E-state index in [2.05, 4.69) is 25.9 Å². The van der Waals surface area contributed by atoms with E-state index < -0.39 is 5.82 Å². The van der Waals surface area contributed by atoms with Crippen LogP contribution >= 0.6 is 0 Å². The van der Waals surface area contributed by atoms with Gasteiger partial charge in [0, 0.05) is 36.5 Å². The highest BCUT2D eigenvalue weighted by molar-refractivity contribution is 6.06. The summed E-state index contributed by atoms with van der Waals surface area (Å²) in [4.78, 5) is 20.4. The number of fused-ring (bicyclic) bond motifs is 1. The zero-order chi connectivity index (χ0) is 22.1. The number of halogens is 1. The van der Waals surface area contributed by atoms with Crippen molar-refractivity contribution in [2.45, 2.75) is 18.9 Å². The van der Waals surface area contributed by atoms with Crippen LogP contribution in [0, 0.1) is 5.82 Å². The van der Waals surface area contributed by atoms with Gasteiger partial charge in [0.2, 0.25) is 0 Å². The predicted molar refractivity (Wildman–Crippen MR) is 118 cm³/mol. The van der Waals surface area contributed by atoms with Crippen LogP contribution in [0.2, 0.25) is 0 Å². The third kappa shape index (κ3) is 3.64. The molecule has 5 rings (SSSR count). The number of rotatable bonds is 7. The molecule has 1 atom stereocenters. The summed E-state index contributed by atoms with van der Waals surface area (Å²) in [7, 11) is 1.41. The Morgan fingerprint density at radius 1 is 1.28 bits per heavy atom. The van der Waals surface area contributed by atoms with Crippen molar-refractivity contribution in [1.29, 1.82) is 0 Å². The Bertz CT molecular complexity index is 1160. The summed E-state index contributed by atoms with van der Waals surface area (Å²) in [6.07, 6.45) is 5.07. The molecule has 2 aliphatic heterocycles. The largest absolute Gasteiger partial charge is 0.492 e. The molecular formula is C23H24FN5O3. The fraction of sp³-hybridized carbons (Fsp3) is 0.304. The standard InChI is InChI=1S/C23H24FN5O3/c1-31-22-15(24)3-2-4-17(22)29-21-19-16(7-10-27-23(19)30)28-20(21)14-6-8-25-11-18(14)32-12-13-5-9-26-13/h2-4,6,8,11,13,26,28-29H,5,7,9-10,12H2,1H3,(H,27,30)/t13-/m0/s1. The molecule has 0 aliphatic carbocycles. The molecule has 0 unspecified atom stereocenters. The van der Waals surface area contributed by atoms with Crippen LogP contribution in [0.25, 0.3) is 11.3 Å². The molecule has 32 heavy (non-hydrogen) atoms. The number of carbonyl (C=O) groups excluding carboxylic acids is 1. The van der Waals surface area contributed by atoms with E-state index in [-0.39, 0.29) is 11.7 Å². The van der Waals surface area contributed by atoms with Gasteiger partial charge in [-0.2, -0.15) is 0 Å². The van der Waals surface area contributed by atoms with Gasteiger partial charge >= 0.3 is 0 Å². The summed E-state index contributed by atoms with van der Waals surface area (Å²) >= 11 is 0. The summed E-state index contributed by atoms with van der Waals surface area (Å²) in [6, 6.07) is 6.78. The number of methoxy groups -OCH3 is 1. The highest BCUT2D eigenvalue weighted by Gasteiger charge is 2.29. The maximum Gasteiger partial charge on any atom is 0.255 e. The fourth-order valence-corrected chi connectivity index (χ4v) is 4.04. The highest BCUT2D eigenvalue weighted by Crippen LogP contribution is 2.42. The number of amides is 1. The van der Waals surface area contributed by atoms with Crippen molar-refractivity contribution in [3.8, 4) is 22.8 Å². The molecule has 0 spiro atoms. The number of nitrogens with one attached hydrogen (secondary N) is 4. The number of nitrogens with zero attached hydrogens (tertiary/aromatic N) is 1. The number of benzene rings is 1. The molecule has 0 radical (unpaired) electrons. The Hall–Kier alpha value is -3.59. The van der Waals surface area contributed by atoms with Gasteiger partial charge in [0.1, 0.15) is 12.4 Å². The van der Waals surface area contributed by atoms with Crippen molar-refractivity contribution in [3.05, 3.63) is 53.7 Å². The monoisotopic (exact) mass is 437 g/mol. The van der Waals surface area contributed by atoms with E-state index in [1.165, 1.54) is 13.2 Å². The average molecular weight is 437 g/mol. The first kappa shape index (κ1) is 20.3. The summed E-state index contributed by atoms with van der Waals surface area (Å²) in [5.74, 6) is -0.00279. The van der Waals surface area contributed by atoms with Gasteiger partial charge in [-0.05, 0) is 31.2 Å². The zero-order valence-electron chi connectivity index (χ0n) is 17.6. The van der Waals surface area contributed by atoms with Gasteiger partial charge in [-0.15, -0.1) is 0 Å². The van der Waals surface area contributed by atoms with Gasteiger partial charge in [0.15, 0.2) is 11.6 Å². The topological polar surface area (TPSA) is 100 Å². The lowest BCUT2D eigenvalue weighted by Crippen LogP contribution is -2.46. The minimum absolute atomic E-state index is 0.0758. The summed E-state index contributed by atoms with van der Waals surface area (Å²) in [6.45, 7) is 2.07. The molecule has 0 bridgehead atoms.